The summed E-state index contributed by atoms with van der Waals surface area (Å²) in [6.45, 7) is 0. The lowest BCUT2D eigenvalue weighted by Crippen LogP contribution is -2.17. The molecule has 1 aromatic heterocycles. The van der Waals surface area contributed by atoms with E-state index < -0.39 is 29.0 Å². The van der Waals surface area contributed by atoms with Crippen molar-refractivity contribution in [2.24, 2.45) is 0 Å². The predicted octanol–water partition coefficient (Wildman–Crippen LogP) is 4.11. The van der Waals surface area contributed by atoms with E-state index in [9.17, 15) is 18.0 Å². The number of nitrogens with zero attached hydrogens (tertiary/aromatic N) is 3. The molecular formula is C16H10Cl2F3N5OS. The van der Waals surface area contributed by atoms with Crippen LogP contribution in [-0.2, 0) is 4.79 Å². The first-order valence-electron chi connectivity index (χ1n) is 7.50. The molecule has 0 unspecified atom stereocenters. The summed E-state index contributed by atoms with van der Waals surface area (Å²) in [4.78, 5) is 12.0. The van der Waals surface area contributed by atoms with Gasteiger partial charge in [-0.05, 0) is 30.3 Å². The minimum Gasteiger partial charge on any atom is -0.335 e. The van der Waals surface area contributed by atoms with E-state index in [1.807, 2.05) is 0 Å². The largest absolute Gasteiger partial charge is 0.335 e. The Kier molecular flexibility index (Phi) is 6.01. The lowest BCUT2D eigenvalue weighted by Gasteiger charge is -2.07. The van der Waals surface area contributed by atoms with E-state index >= 15 is 0 Å². The van der Waals surface area contributed by atoms with Crippen molar-refractivity contribution in [3.8, 4) is 11.4 Å². The number of thioether (sulfide) groups is 1. The average Bonchev–Trinajstić information content (AvgIpc) is 3.01. The Balaban J connectivity index is 1.69. The fraction of sp³-hybridized carbons (Fsp3) is 0.0625. The lowest BCUT2D eigenvalue weighted by atomic mass is 10.2. The molecule has 6 nitrogen and oxygen atoms in total. The van der Waals surface area contributed by atoms with E-state index in [-0.39, 0.29) is 16.7 Å². The number of anilines is 1. The molecule has 3 aromatic rings. The van der Waals surface area contributed by atoms with Crippen LogP contribution in [0.25, 0.3) is 11.4 Å². The highest BCUT2D eigenvalue weighted by Crippen LogP contribution is 2.30. The number of nitrogen functional groups attached to an aromatic ring is 1. The van der Waals surface area contributed by atoms with Crippen LogP contribution in [0.15, 0.2) is 35.5 Å². The molecule has 0 saturated heterocycles. The maximum absolute atomic E-state index is 13.6. The van der Waals surface area contributed by atoms with Crippen molar-refractivity contribution in [2.45, 2.75) is 5.16 Å². The summed E-state index contributed by atoms with van der Waals surface area (Å²) in [5.74, 6) is 0.765. The monoisotopic (exact) mass is 447 g/mol. The number of benzene rings is 2. The molecule has 0 aliphatic carbocycles. The average molecular weight is 448 g/mol. The van der Waals surface area contributed by atoms with Crippen molar-refractivity contribution in [1.29, 1.82) is 0 Å². The third kappa shape index (κ3) is 4.18. The zero-order valence-electron chi connectivity index (χ0n) is 13.7. The molecule has 0 aliphatic rings. The first kappa shape index (κ1) is 20.3. The van der Waals surface area contributed by atoms with E-state index in [0.29, 0.717) is 21.7 Å². The van der Waals surface area contributed by atoms with Gasteiger partial charge in [-0.2, -0.15) is 0 Å². The van der Waals surface area contributed by atoms with E-state index in [2.05, 4.69) is 15.5 Å². The Labute approximate surface area is 170 Å². The Morgan fingerprint density at radius 1 is 1.14 bits per heavy atom. The maximum atomic E-state index is 13.6. The summed E-state index contributed by atoms with van der Waals surface area (Å²) in [5, 5.41) is 10.9. The number of carbonyl (C=O) groups excluding carboxylic acids is 1. The summed E-state index contributed by atoms with van der Waals surface area (Å²) in [5.41, 5.74) is 0.00794. The van der Waals surface area contributed by atoms with Crippen LogP contribution in [0.5, 0.6) is 0 Å². The van der Waals surface area contributed by atoms with Gasteiger partial charge in [0.05, 0.1) is 16.5 Å². The quantitative estimate of drug-likeness (QED) is 0.349. The van der Waals surface area contributed by atoms with Gasteiger partial charge in [0.2, 0.25) is 11.1 Å². The van der Waals surface area contributed by atoms with Crippen LogP contribution >= 0.6 is 35.0 Å². The molecule has 0 fully saturated rings. The van der Waals surface area contributed by atoms with Crippen molar-refractivity contribution in [1.82, 2.24) is 14.9 Å². The van der Waals surface area contributed by atoms with Gasteiger partial charge in [-0.15, -0.1) is 10.2 Å². The molecule has 0 aliphatic heterocycles. The van der Waals surface area contributed by atoms with Gasteiger partial charge in [0.25, 0.3) is 0 Å². The molecule has 0 spiro atoms. The van der Waals surface area contributed by atoms with Crippen LogP contribution in [0.1, 0.15) is 0 Å². The minimum atomic E-state index is -1.67. The highest BCUT2D eigenvalue weighted by atomic mass is 35.5. The maximum Gasteiger partial charge on any atom is 0.234 e. The van der Waals surface area contributed by atoms with Crippen molar-refractivity contribution in [3.63, 3.8) is 0 Å². The molecule has 1 heterocycles. The standard InChI is InChI=1S/C16H10Cl2F3N5OS/c17-7-1-2-8(9(18)5-7)15-24-25-16(26(15)22)28-6-12(27)23-11-4-3-10(19)13(20)14(11)21/h1-5H,6,22H2,(H,23,27). The highest BCUT2D eigenvalue weighted by Gasteiger charge is 2.18. The highest BCUT2D eigenvalue weighted by molar-refractivity contribution is 7.99. The minimum absolute atomic E-state index is 0.182. The number of hydrogen-bond acceptors (Lipinski definition) is 5. The van der Waals surface area contributed by atoms with Gasteiger partial charge in [0, 0.05) is 10.6 Å². The normalized spacial score (nSPS) is 10.9. The van der Waals surface area contributed by atoms with E-state index in [4.69, 9.17) is 29.0 Å². The topological polar surface area (TPSA) is 85.8 Å². The molecule has 3 rings (SSSR count). The third-order valence-electron chi connectivity index (χ3n) is 3.48. The molecule has 28 heavy (non-hydrogen) atoms. The number of aromatic nitrogens is 3. The van der Waals surface area contributed by atoms with E-state index in [1.165, 1.54) is 6.07 Å². The fourth-order valence-electron chi connectivity index (χ4n) is 2.17. The second kappa shape index (κ2) is 8.29. The fourth-order valence-corrected chi connectivity index (χ4v) is 3.32. The summed E-state index contributed by atoms with van der Waals surface area (Å²) >= 11 is 12.9. The van der Waals surface area contributed by atoms with E-state index in [0.717, 1.165) is 22.5 Å². The summed E-state index contributed by atoms with van der Waals surface area (Å²) < 4.78 is 40.9. The van der Waals surface area contributed by atoms with Gasteiger partial charge in [-0.1, -0.05) is 35.0 Å². The molecule has 146 valence electrons. The Bertz CT molecular complexity index is 1060. The van der Waals surface area contributed by atoms with E-state index in [1.54, 1.807) is 12.1 Å². The number of nitrogens with two attached hydrogens (primary N) is 1. The predicted molar refractivity (Wildman–Crippen MR) is 101 cm³/mol. The Morgan fingerprint density at radius 3 is 2.61 bits per heavy atom. The van der Waals surface area contributed by atoms with Crippen molar-refractivity contribution in [2.75, 3.05) is 16.9 Å². The summed E-state index contributed by atoms with van der Waals surface area (Å²) in [6, 6.07) is 6.37. The lowest BCUT2D eigenvalue weighted by molar-refractivity contribution is -0.113. The first-order valence-corrected chi connectivity index (χ1v) is 9.24. The van der Waals surface area contributed by atoms with Gasteiger partial charge in [-0.25, -0.2) is 17.8 Å². The molecule has 12 heteroatoms. The molecule has 2 aromatic carbocycles. The number of hydrogen-bond donors (Lipinski definition) is 2. The molecule has 3 N–H and O–H groups in total. The number of amides is 1. The SMILES string of the molecule is Nn1c(SCC(=O)Nc2ccc(F)c(F)c2F)nnc1-c1ccc(Cl)cc1Cl. The van der Waals surface area contributed by atoms with Crippen molar-refractivity contribution < 1.29 is 18.0 Å². The summed E-state index contributed by atoms with van der Waals surface area (Å²) in [7, 11) is 0. The second-order valence-electron chi connectivity index (χ2n) is 5.36. The number of carbonyl (C=O) groups is 1. The molecule has 0 bridgehead atoms. The zero-order chi connectivity index (χ0) is 20.4. The first-order chi connectivity index (χ1) is 13.3. The van der Waals surface area contributed by atoms with Gasteiger partial charge >= 0.3 is 0 Å². The third-order valence-corrected chi connectivity index (χ3v) is 4.97. The van der Waals surface area contributed by atoms with Crippen LogP contribution < -0.4 is 11.2 Å². The zero-order valence-corrected chi connectivity index (χ0v) is 16.0. The van der Waals surface area contributed by atoms with Crippen LogP contribution in [0.3, 0.4) is 0 Å². The molecule has 0 atom stereocenters. The van der Waals surface area contributed by atoms with Crippen LogP contribution in [0.2, 0.25) is 10.0 Å². The van der Waals surface area contributed by atoms with Crippen molar-refractivity contribution >= 4 is 46.6 Å². The number of halogens is 5. The number of nitrogens with one attached hydrogen (secondary N) is 1. The molecular weight excluding hydrogens is 438 g/mol. The van der Waals surface area contributed by atoms with Crippen LogP contribution in [-0.4, -0.2) is 26.5 Å². The Hall–Kier alpha value is -2.43. The van der Waals surface area contributed by atoms with Gasteiger partial charge in [0.15, 0.2) is 23.3 Å². The van der Waals surface area contributed by atoms with Gasteiger partial charge in [0.1, 0.15) is 0 Å². The molecule has 0 radical (unpaired) electrons. The summed E-state index contributed by atoms with van der Waals surface area (Å²) in [6.07, 6.45) is 0. The van der Waals surface area contributed by atoms with Crippen LogP contribution in [0.4, 0.5) is 18.9 Å². The van der Waals surface area contributed by atoms with Gasteiger partial charge in [-0.3, -0.25) is 4.79 Å². The second-order valence-corrected chi connectivity index (χ2v) is 7.15. The Morgan fingerprint density at radius 2 is 1.89 bits per heavy atom. The molecule has 0 saturated carbocycles. The smallest absolute Gasteiger partial charge is 0.234 e. The van der Waals surface area contributed by atoms with Crippen molar-refractivity contribution in [3.05, 3.63) is 57.8 Å². The number of rotatable bonds is 5. The van der Waals surface area contributed by atoms with Gasteiger partial charge < -0.3 is 11.2 Å². The van der Waals surface area contributed by atoms with Crippen LogP contribution in [0, 0.1) is 17.5 Å². The molecule has 1 amide bonds.